The zero-order chi connectivity index (χ0) is 21.1. The highest BCUT2D eigenvalue weighted by Gasteiger charge is 2.28. The van der Waals surface area contributed by atoms with E-state index in [-0.39, 0.29) is 12.1 Å². The summed E-state index contributed by atoms with van der Waals surface area (Å²) in [6.07, 6.45) is 6.18. The Bertz CT molecular complexity index is 1230. The second-order valence-corrected chi connectivity index (χ2v) is 7.27. The largest absolute Gasteiger partial charge is 0.363 e. The maximum absolute atomic E-state index is 12.9. The van der Waals surface area contributed by atoms with Crippen LogP contribution in [0.25, 0.3) is 16.0 Å². The molecular weight excluding hydrogens is 404 g/mol. The topological polar surface area (TPSA) is 133 Å². The van der Waals surface area contributed by atoms with Crippen LogP contribution < -0.4 is 11.1 Å². The molecule has 0 spiro atoms. The summed E-state index contributed by atoms with van der Waals surface area (Å²) in [5, 5.41) is 5.33. The van der Waals surface area contributed by atoms with E-state index in [1.54, 1.807) is 36.7 Å². The summed E-state index contributed by atoms with van der Waals surface area (Å²) in [6.45, 7) is 0. The van der Waals surface area contributed by atoms with E-state index in [2.05, 4.69) is 20.3 Å². The van der Waals surface area contributed by atoms with Gasteiger partial charge in [0.2, 0.25) is 5.78 Å². The van der Waals surface area contributed by atoms with Gasteiger partial charge in [0.15, 0.2) is 0 Å². The first kappa shape index (κ1) is 19.4. The molecule has 1 atom stereocenters. The summed E-state index contributed by atoms with van der Waals surface area (Å²) in [4.78, 5) is 50.2. The molecule has 0 aliphatic carbocycles. The lowest BCUT2D eigenvalue weighted by Crippen LogP contribution is -2.47. The number of primary amides is 1. The predicted octanol–water partition coefficient (Wildman–Crippen LogP) is 1.27. The molecule has 4 heterocycles. The standard InChI is InChI=1S/C20H16N6O3S/c21-18(28)17(27)14(8-12-10-30-20-13(12)4-3-7-24-20)25-19(29)15-9-22-11-26(15)16-5-1-2-6-23-16/h1-7,9-11,14H,8H2,(H2,21,28)(H,25,29). The Morgan fingerprint density at radius 1 is 1.13 bits per heavy atom. The Morgan fingerprint density at radius 3 is 2.73 bits per heavy atom. The number of pyridine rings is 2. The van der Waals surface area contributed by atoms with Gasteiger partial charge in [-0.1, -0.05) is 12.1 Å². The molecule has 0 aliphatic heterocycles. The Balaban J connectivity index is 1.62. The first-order chi connectivity index (χ1) is 14.5. The number of thiophene rings is 1. The minimum Gasteiger partial charge on any atom is -0.363 e. The summed E-state index contributed by atoms with van der Waals surface area (Å²) in [5.74, 6) is -2.07. The molecule has 150 valence electrons. The molecule has 1 unspecified atom stereocenters. The van der Waals surface area contributed by atoms with Gasteiger partial charge in [-0.2, -0.15) is 0 Å². The Hall–Kier alpha value is -3.92. The summed E-state index contributed by atoms with van der Waals surface area (Å²) >= 11 is 1.42. The van der Waals surface area contributed by atoms with Crippen molar-refractivity contribution in [3.05, 3.63) is 71.9 Å². The average molecular weight is 420 g/mol. The van der Waals surface area contributed by atoms with Gasteiger partial charge in [-0.3, -0.25) is 19.0 Å². The van der Waals surface area contributed by atoms with E-state index >= 15 is 0 Å². The molecule has 0 saturated heterocycles. The van der Waals surface area contributed by atoms with Gasteiger partial charge in [-0.25, -0.2) is 15.0 Å². The van der Waals surface area contributed by atoms with Gasteiger partial charge in [0.05, 0.1) is 6.20 Å². The Kier molecular flexibility index (Phi) is 5.31. The van der Waals surface area contributed by atoms with E-state index in [1.807, 2.05) is 11.4 Å². The lowest BCUT2D eigenvalue weighted by Gasteiger charge is -2.16. The molecule has 9 nitrogen and oxygen atoms in total. The summed E-state index contributed by atoms with van der Waals surface area (Å²) in [7, 11) is 0. The minimum atomic E-state index is -1.12. The normalized spacial score (nSPS) is 11.9. The second kappa shape index (κ2) is 8.21. The van der Waals surface area contributed by atoms with Gasteiger partial charge in [-0.15, -0.1) is 11.3 Å². The number of fused-ring (bicyclic) bond motifs is 1. The van der Waals surface area contributed by atoms with E-state index in [4.69, 9.17) is 5.73 Å². The maximum Gasteiger partial charge on any atom is 0.287 e. The molecule has 10 heteroatoms. The van der Waals surface area contributed by atoms with Gasteiger partial charge in [0.1, 0.15) is 28.7 Å². The van der Waals surface area contributed by atoms with Crippen LogP contribution >= 0.6 is 11.3 Å². The first-order valence-electron chi connectivity index (χ1n) is 8.94. The summed E-state index contributed by atoms with van der Waals surface area (Å²) in [6, 6.07) is 7.78. The molecule has 4 aromatic rings. The van der Waals surface area contributed by atoms with Crippen LogP contribution in [0.4, 0.5) is 0 Å². The number of hydrogen-bond acceptors (Lipinski definition) is 7. The minimum absolute atomic E-state index is 0.108. The number of nitrogens with one attached hydrogen (secondary N) is 1. The highest BCUT2D eigenvalue weighted by atomic mass is 32.1. The number of ketones is 1. The number of hydrogen-bond donors (Lipinski definition) is 2. The third-order valence-corrected chi connectivity index (χ3v) is 5.44. The highest BCUT2D eigenvalue weighted by Crippen LogP contribution is 2.25. The lowest BCUT2D eigenvalue weighted by molar-refractivity contribution is -0.137. The van der Waals surface area contributed by atoms with E-state index in [9.17, 15) is 14.4 Å². The summed E-state index contributed by atoms with van der Waals surface area (Å²) < 4.78 is 1.49. The molecular formula is C20H16N6O3S. The van der Waals surface area contributed by atoms with Crippen LogP contribution in [0.15, 0.2) is 60.6 Å². The number of nitrogens with zero attached hydrogens (tertiary/aromatic N) is 4. The van der Waals surface area contributed by atoms with Crippen LogP contribution in [-0.2, 0) is 16.0 Å². The highest BCUT2D eigenvalue weighted by molar-refractivity contribution is 7.16. The zero-order valence-corrected chi connectivity index (χ0v) is 16.4. The van der Waals surface area contributed by atoms with Crippen molar-refractivity contribution in [2.45, 2.75) is 12.5 Å². The van der Waals surface area contributed by atoms with E-state index in [0.717, 1.165) is 15.8 Å². The fourth-order valence-corrected chi connectivity index (χ4v) is 3.98. The van der Waals surface area contributed by atoms with Gasteiger partial charge >= 0.3 is 0 Å². The van der Waals surface area contributed by atoms with Crippen molar-refractivity contribution >= 4 is 39.2 Å². The number of carbonyl (C=O) groups is 3. The van der Waals surface area contributed by atoms with Crippen molar-refractivity contribution in [3.8, 4) is 5.82 Å². The van der Waals surface area contributed by atoms with Gasteiger partial charge < -0.3 is 11.1 Å². The SMILES string of the molecule is NC(=O)C(=O)C(Cc1csc2ncccc12)NC(=O)c1cncn1-c1ccccn1. The van der Waals surface area contributed by atoms with E-state index in [1.165, 1.54) is 28.4 Å². The van der Waals surface area contributed by atoms with Crippen molar-refractivity contribution in [1.29, 1.82) is 0 Å². The molecule has 3 N–H and O–H groups in total. The molecule has 2 amide bonds. The Morgan fingerprint density at radius 2 is 1.97 bits per heavy atom. The van der Waals surface area contributed by atoms with Crippen LogP contribution in [0.5, 0.6) is 0 Å². The third kappa shape index (κ3) is 3.80. The third-order valence-electron chi connectivity index (χ3n) is 4.49. The number of nitrogens with two attached hydrogens (primary N) is 1. The molecule has 30 heavy (non-hydrogen) atoms. The van der Waals surface area contributed by atoms with Crippen LogP contribution in [0.1, 0.15) is 16.1 Å². The molecule has 0 aliphatic rings. The van der Waals surface area contributed by atoms with Gasteiger partial charge in [0.25, 0.3) is 11.8 Å². The monoisotopic (exact) mass is 420 g/mol. The summed E-state index contributed by atoms with van der Waals surface area (Å²) in [5.41, 5.74) is 6.18. The number of aromatic nitrogens is 4. The second-order valence-electron chi connectivity index (χ2n) is 6.41. The van der Waals surface area contributed by atoms with Crippen molar-refractivity contribution in [2.75, 3.05) is 0 Å². The molecule has 0 saturated carbocycles. The fourth-order valence-electron chi connectivity index (χ4n) is 3.05. The van der Waals surface area contributed by atoms with Crippen LogP contribution in [0, 0.1) is 0 Å². The number of imidazole rings is 1. The van der Waals surface area contributed by atoms with E-state index < -0.39 is 23.6 Å². The van der Waals surface area contributed by atoms with E-state index in [0.29, 0.717) is 5.82 Å². The molecule has 0 fully saturated rings. The van der Waals surface area contributed by atoms with Crippen LogP contribution in [-0.4, -0.2) is 43.2 Å². The average Bonchev–Trinajstić information content (AvgIpc) is 3.41. The van der Waals surface area contributed by atoms with Crippen molar-refractivity contribution < 1.29 is 14.4 Å². The molecule has 4 rings (SSSR count). The van der Waals surface area contributed by atoms with Crippen LogP contribution in [0.3, 0.4) is 0 Å². The van der Waals surface area contributed by atoms with Crippen molar-refractivity contribution in [2.24, 2.45) is 5.73 Å². The zero-order valence-electron chi connectivity index (χ0n) is 15.6. The first-order valence-corrected chi connectivity index (χ1v) is 9.82. The van der Waals surface area contributed by atoms with Crippen LogP contribution in [0.2, 0.25) is 0 Å². The number of Topliss-reactive ketones (excluding diaryl/α,β-unsaturated/α-hetero) is 1. The number of carbonyl (C=O) groups excluding carboxylic acids is 3. The van der Waals surface area contributed by atoms with Crippen molar-refractivity contribution in [1.82, 2.24) is 24.8 Å². The quantitative estimate of drug-likeness (QED) is 0.433. The smallest absolute Gasteiger partial charge is 0.287 e. The predicted molar refractivity (Wildman–Crippen MR) is 110 cm³/mol. The van der Waals surface area contributed by atoms with Crippen molar-refractivity contribution in [3.63, 3.8) is 0 Å². The lowest BCUT2D eigenvalue weighted by atomic mass is 10.0. The molecule has 0 radical (unpaired) electrons. The number of amides is 2. The molecule has 0 aromatic carbocycles. The fraction of sp³-hybridized carbons (Fsp3) is 0.100. The Labute approximate surface area is 174 Å². The number of rotatable bonds is 7. The molecule has 0 bridgehead atoms. The van der Waals surface area contributed by atoms with Gasteiger partial charge in [0, 0.05) is 24.2 Å². The van der Waals surface area contributed by atoms with Gasteiger partial charge in [-0.05, 0) is 29.1 Å². The molecule has 4 aromatic heterocycles. The maximum atomic E-state index is 12.9.